The van der Waals surface area contributed by atoms with Gasteiger partial charge >= 0.3 is 0 Å². The van der Waals surface area contributed by atoms with Gasteiger partial charge in [0.1, 0.15) is 6.10 Å². The molecule has 0 amide bonds. The van der Waals surface area contributed by atoms with Crippen LogP contribution in [-0.4, -0.2) is 22.1 Å². The van der Waals surface area contributed by atoms with Crippen LogP contribution in [0.1, 0.15) is 19.3 Å². The van der Waals surface area contributed by atoms with Crippen LogP contribution in [0.25, 0.3) is 0 Å². The number of ether oxygens (including phenoxy) is 1. The van der Waals surface area contributed by atoms with Crippen LogP contribution in [0.4, 0.5) is 0 Å². The fourth-order valence-corrected chi connectivity index (χ4v) is 1.60. The molecular weight excluding hydrogens is 166 g/mol. The van der Waals surface area contributed by atoms with Gasteiger partial charge in [-0.3, -0.25) is 4.98 Å². The second-order valence-corrected chi connectivity index (χ2v) is 3.29. The average molecular weight is 179 g/mol. The smallest absolute Gasteiger partial charge is 0.232 e. The Morgan fingerprint density at radius 2 is 2.31 bits per heavy atom. The highest BCUT2D eigenvalue weighted by atomic mass is 16.5. The van der Waals surface area contributed by atoms with Crippen LogP contribution in [0.5, 0.6) is 5.88 Å². The molecule has 1 aromatic heterocycles. The molecule has 4 heteroatoms. The van der Waals surface area contributed by atoms with E-state index >= 15 is 0 Å². The first kappa shape index (κ1) is 8.44. The first-order chi connectivity index (χ1) is 6.36. The molecule has 1 saturated carbocycles. The fraction of sp³-hybridized carbons (Fsp3) is 0.556. The Morgan fingerprint density at radius 1 is 1.38 bits per heavy atom. The highest BCUT2D eigenvalue weighted by Crippen LogP contribution is 2.21. The zero-order valence-electron chi connectivity index (χ0n) is 7.39. The average Bonchev–Trinajstić information content (AvgIpc) is 2.54. The van der Waals surface area contributed by atoms with Gasteiger partial charge in [0, 0.05) is 18.4 Å². The number of hydrogen-bond donors (Lipinski definition) is 1. The summed E-state index contributed by atoms with van der Waals surface area (Å²) in [4.78, 5) is 7.96. The molecule has 2 atom stereocenters. The molecular formula is C9H13N3O. The molecule has 4 nitrogen and oxygen atoms in total. The summed E-state index contributed by atoms with van der Waals surface area (Å²) < 4.78 is 5.59. The monoisotopic (exact) mass is 179 g/mol. The summed E-state index contributed by atoms with van der Waals surface area (Å²) in [6.07, 6.45) is 8.20. The fourth-order valence-electron chi connectivity index (χ4n) is 1.60. The van der Waals surface area contributed by atoms with Gasteiger partial charge in [0.05, 0.1) is 6.20 Å². The minimum Gasteiger partial charge on any atom is -0.472 e. The maximum absolute atomic E-state index is 5.85. The quantitative estimate of drug-likeness (QED) is 0.727. The van der Waals surface area contributed by atoms with Crippen molar-refractivity contribution in [3.63, 3.8) is 0 Å². The number of nitrogens with two attached hydrogens (primary N) is 1. The molecule has 2 unspecified atom stereocenters. The van der Waals surface area contributed by atoms with Crippen LogP contribution >= 0.6 is 0 Å². The summed E-state index contributed by atoms with van der Waals surface area (Å²) in [5.74, 6) is 0.574. The Morgan fingerprint density at radius 3 is 2.92 bits per heavy atom. The van der Waals surface area contributed by atoms with Gasteiger partial charge in [-0.25, -0.2) is 4.98 Å². The van der Waals surface area contributed by atoms with E-state index in [0.717, 1.165) is 19.3 Å². The lowest BCUT2D eigenvalue weighted by Gasteiger charge is -2.16. The molecule has 0 bridgehead atoms. The van der Waals surface area contributed by atoms with E-state index in [9.17, 15) is 0 Å². The van der Waals surface area contributed by atoms with Gasteiger partial charge in [-0.05, 0) is 19.3 Å². The maximum atomic E-state index is 5.85. The molecule has 2 N–H and O–H groups in total. The van der Waals surface area contributed by atoms with E-state index < -0.39 is 0 Å². The number of hydrogen-bond acceptors (Lipinski definition) is 4. The topological polar surface area (TPSA) is 61.0 Å². The van der Waals surface area contributed by atoms with E-state index in [1.165, 1.54) is 0 Å². The molecule has 1 aromatic rings. The van der Waals surface area contributed by atoms with Gasteiger partial charge < -0.3 is 10.5 Å². The molecule has 1 aliphatic rings. The predicted molar refractivity (Wildman–Crippen MR) is 48.3 cm³/mol. The number of nitrogens with zero attached hydrogens (tertiary/aromatic N) is 2. The van der Waals surface area contributed by atoms with E-state index in [1.54, 1.807) is 18.6 Å². The zero-order chi connectivity index (χ0) is 9.10. The Labute approximate surface area is 77.1 Å². The molecule has 0 aromatic carbocycles. The van der Waals surface area contributed by atoms with E-state index in [2.05, 4.69) is 9.97 Å². The number of aromatic nitrogens is 2. The van der Waals surface area contributed by atoms with Gasteiger partial charge in [-0.1, -0.05) is 0 Å². The summed E-state index contributed by atoms with van der Waals surface area (Å²) in [5.41, 5.74) is 5.85. The maximum Gasteiger partial charge on any atom is 0.232 e. The van der Waals surface area contributed by atoms with Gasteiger partial charge in [0.25, 0.3) is 0 Å². The second-order valence-electron chi connectivity index (χ2n) is 3.29. The van der Waals surface area contributed by atoms with Gasteiger partial charge in [-0.2, -0.15) is 0 Å². The van der Waals surface area contributed by atoms with E-state index in [4.69, 9.17) is 10.5 Å². The van der Waals surface area contributed by atoms with Crippen LogP contribution in [-0.2, 0) is 0 Å². The summed E-state index contributed by atoms with van der Waals surface area (Å²) in [7, 11) is 0. The molecule has 13 heavy (non-hydrogen) atoms. The van der Waals surface area contributed by atoms with E-state index in [1.807, 2.05) is 0 Å². The van der Waals surface area contributed by atoms with Crippen LogP contribution < -0.4 is 10.5 Å². The highest BCUT2D eigenvalue weighted by Gasteiger charge is 2.25. The zero-order valence-corrected chi connectivity index (χ0v) is 7.39. The third kappa shape index (κ3) is 1.95. The molecule has 70 valence electrons. The molecule has 1 aliphatic carbocycles. The van der Waals surface area contributed by atoms with Gasteiger partial charge in [-0.15, -0.1) is 0 Å². The molecule has 1 heterocycles. The molecule has 1 fully saturated rings. The minimum atomic E-state index is 0.122. The summed E-state index contributed by atoms with van der Waals surface area (Å²) in [6, 6.07) is 0.155. The summed E-state index contributed by atoms with van der Waals surface area (Å²) in [6.45, 7) is 0. The Bertz CT molecular complexity index is 265. The van der Waals surface area contributed by atoms with Crippen molar-refractivity contribution in [2.24, 2.45) is 5.73 Å². The first-order valence-corrected chi connectivity index (χ1v) is 4.54. The van der Waals surface area contributed by atoms with E-state index in [-0.39, 0.29) is 12.1 Å². The lowest BCUT2D eigenvalue weighted by molar-refractivity contribution is 0.183. The third-order valence-corrected chi connectivity index (χ3v) is 2.32. The largest absolute Gasteiger partial charge is 0.472 e. The van der Waals surface area contributed by atoms with Crippen molar-refractivity contribution in [3.05, 3.63) is 18.6 Å². The Balaban J connectivity index is 1.98. The Hall–Kier alpha value is -1.16. The molecule has 2 rings (SSSR count). The highest BCUT2D eigenvalue weighted by molar-refractivity contribution is 5.03. The van der Waals surface area contributed by atoms with Crippen molar-refractivity contribution in [1.82, 2.24) is 9.97 Å². The van der Waals surface area contributed by atoms with Crippen molar-refractivity contribution >= 4 is 0 Å². The van der Waals surface area contributed by atoms with Gasteiger partial charge in [0.2, 0.25) is 5.88 Å². The predicted octanol–water partition coefficient (Wildman–Crippen LogP) is 0.735. The molecule has 0 saturated heterocycles. The first-order valence-electron chi connectivity index (χ1n) is 4.54. The molecule has 0 spiro atoms. The molecule has 0 radical (unpaired) electrons. The summed E-state index contributed by atoms with van der Waals surface area (Å²) >= 11 is 0. The van der Waals surface area contributed by atoms with Crippen molar-refractivity contribution < 1.29 is 4.74 Å². The number of rotatable bonds is 2. The van der Waals surface area contributed by atoms with Crippen LogP contribution in [0, 0.1) is 0 Å². The lowest BCUT2D eigenvalue weighted by Crippen LogP contribution is -2.33. The normalized spacial score (nSPS) is 27.5. The van der Waals surface area contributed by atoms with E-state index in [0.29, 0.717) is 5.88 Å². The van der Waals surface area contributed by atoms with Crippen molar-refractivity contribution in [2.45, 2.75) is 31.4 Å². The standard InChI is InChI=1S/C9H13N3O/c10-7-2-1-3-8(7)13-9-6-11-4-5-12-9/h4-8H,1-3,10H2. The van der Waals surface area contributed by atoms with Crippen LogP contribution in [0.3, 0.4) is 0 Å². The second kappa shape index (κ2) is 3.70. The third-order valence-electron chi connectivity index (χ3n) is 2.32. The van der Waals surface area contributed by atoms with Crippen LogP contribution in [0.15, 0.2) is 18.6 Å². The summed E-state index contributed by atoms with van der Waals surface area (Å²) in [5, 5.41) is 0. The Kier molecular flexibility index (Phi) is 2.40. The van der Waals surface area contributed by atoms with Crippen molar-refractivity contribution in [3.8, 4) is 5.88 Å². The van der Waals surface area contributed by atoms with Crippen molar-refractivity contribution in [2.75, 3.05) is 0 Å². The van der Waals surface area contributed by atoms with Crippen molar-refractivity contribution in [1.29, 1.82) is 0 Å². The van der Waals surface area contributed by atoms with Crippen LogP contribution in [0.2, 0.25) is 0 Å². The van der Waals surface area contributed by atoms with Gasteiger partial charge in [0.15, 0.2) is 0 Å². The minimum absolute atomic E-state index is 0.122. The SMILES string of the molecule is NC1CCCC1Oc1cnccn1. The molecule has 0 aliphatic heterocycles. The lowest BCUT2D eigenvalue weighted by atomic mass is 10.2.